The second-order valence-electron chi connectivity index (χ2n) is 5.36. The van der Waals surface area contributed by atoms with Gasteiger partial charge in [-0.15, -0.1) is 0 Å². The van der Waals surface area contributed by atoms with Crippen LogP contribution in [0.5, 0.6) is 0 Å². The predicted molar refractivity (Wildman–Crippen MR) is 74.3 cm³/mol. The lowest BCUT2D eigenvalue weighted by atomic mass is 10.1. The van der Waals surface area contributed by atoms with Gasteiger partial charge < -0.3 is 15.0 Å². The Hall–Kier alpha value is -1.62. The van der Waals surface area contributed by atoms with Gasteiger partial charge in [-0.3, -0.25) is 4.79 Å². The molecule has 2 aliphatic heterocycles. The van der Waals surface area contributed by atoms with Gasteiger partial charge in [0.2, 0.25) is 5.91 Å². The number of benzene rings is 1. The molecule has 20 heavy (non-hydrogen) atoms. The minimum absolute atomic E-state index is 0.0726. The number of amides is 1. The topological polar surface area (TPSA) is 41.6 Å². The summed E-state index contributed by atoms with van der Waals surface area (Å²) in [5, 5.41) is 2.87. The maximum Gasteiger partial charge on any atom is 0.239 e. The third kappa shape index (κ3) is 2.77. The molecule has 2 heterocycles. The number of halogens is 1. The average Bonchev–Trinajstić information content (AvgIpc) is 3.07. The molecule has 1 fully saturated rings. The van der Waals surface area contributed by atoms with Crippen molar-refractivity contribution >= 4 is 11.6 Å². The maximum atomic E-state index is 13.8. The Balaban J connectivity index is 1.55. The van der Waals surface area contributed by atoms with E-state index in [4.69, 9.17) is 4.74 Å². The van der Waals surface area contributed by atoms with Crippen LogP contribution < -0.4 is 10.2 Å². The quantitative estimate of drug-likeness (QED) is 0.907. The Labute approximate surface area is 117 Å². The highest BCUT2D eigenvalue weighted by Crippen LogP contribution is 2.30. The normalized spacial score (nSPS) is 21.1. The van der Waals surface area contributed by atoms with Gasteiger partial charge in [-0.2, -0.15) is 0 Å². The molecule has 3 rings (SSSR count). The molecule has 0 unspecified atom stereocenters. The highest BCUT2D eigenvalue weighted by molar-refractivity contribution is 5.82. The zero-order valence-corrected chi connectivity index (χ0v) is 11.4. The molecule has 5 heteroatoms. The predicted octanol–water partition coefficient (Wildman–Crippen LogP) is 1.48. The van der Waals surface area contributed by atoms with Crippen molar-refractivity contribution in [1.82, 2.24) is 5.32 Å². The smallest absolute Gasteiger partial charge is 0.239 e. The van der Waals surface area contributed by atoms with Crippen LogP contribution in [0.3, 0.4) is 0 Å². The first-order valence-corrected chi connectivity index (χ1v) is 7.14. The monoisotopic (exact) mass is 278 g/mol. The molecule has 0 bridgehead atoms. The van der Waals surface area contributed by atoms with Crippen LogP contribution in [0.1, 0.15) is 18.4 Å². The maximum absolute atomic E-state index is 13.8. The molecule has 4 nitrogen and oxygen atoms in total. The summed E-state index contributed by atoms with van der Waals surface area (Å²) in [6.45, 7) is 2.24. The standard InChI is InChI=1S/C15H19FN2O2/c16-13-5-1-3-11-6-7-18(15(11)13)10-14(19)17-9-12-4-2-8-20-12/h1,3,5,12H,2,4,6-10H2,(H,17,19)/t12-/m1/s1. The van der Waals surface area contributed by atoms with Gasteiger partial charge in [0.15, 0.2) is 0 Å². The van der Waals surface area contributed by atoms with Crippen LogP contribution in [0.25, 0.3) is 0 Å². The van der Waals surface area contributed by atoms with Crippen LogP contribution in [0.4, 0.5) is 10.1 Å². The number of fused-ring (bicyclic) bond motifs is 1. The van der Waals surface area contributed by atoms with E-state index < -0.39 is 0 Å². The lowest BCUT2D eigenvalue weighted by Gasteiger charge is -2.20. The van der Waals surface area contributed by atoms with Crippen LogP contribution >= 0.6 is 0 Å². The molecule has 0 aromatic heterocycles. The van der Waals surface area contributed by atoms with Gasteiger partial charge in [0.25, 0.3) is 0 Å². The van der Waals surface area contributed by atoms with Crippen molar-refractivity contribution in [2.24, 2.45) is 0 Å². The average molecular weight is 278 g/mol. The zero-order chi connectivity index (χ0) is 13.9. The number of anilines is 1. The largest absolute Gasteiger partial charge is 0.376 e. The highest BCUT2D eigenvalue weighted by Gasteiger charge is 2.24. The summed E-state index contributed by atoms with van der Waals surface area (Å²) in [5.41, 5.74) is 1.57. The molecule has 1 aromatic carbocycles. The van der Waals surface area contributed by atoms with Crippen molar-refractivity contribution in [3.05, 3.63) is 29.6 Å². The summed E-state index contributed by atoms with van der Waals surface area (Å²) in [4.78, 5) is 13.8. The third-order valence-electron chi connectivity index (χ3n) is 3.92. The van der Waals surface area contributed by atoms with E-state index in [9.17, 15) is 9.18 Å². The number of nitrogens with zero attached hydrogens (tertiary/aromatic N) is 1. The van der Waals surface area contributed by atoms with Crippen LogP contribution in [-0.4, -0.2) is 38.3 Å². The molecule has 0 saturated carbocycles. The van der Waals surface area contributed by atoms with Crippen LogP contribution in [0, 0.1) is 5.82 Å². The van der Waals surface area contributed by atoms with E-state index in [0.29, 0.717) is 18.8 Å². The molecule has 0 aliphatic carbocycles. The number of hydrogen-bond donors (Lipinski definition) is 1. The molecule has 1 atom stereocenters. The highest BCUT2D eigenvalue weighted by atomic mass is 19.1. The van der Waals surface area contributed by atoms with Gasteiger partial charge in [0, 0.05) is 19.7 Å². The molecule has 1 aromatic rings. The summed E-state index contributed by atoms with van der Waals surface area (Å²) in [6.07, 6.45) is 3.00. The molecule has 0 radical (unpaired) electrons. The van der Waals surface area contributed by atoms with Crippen LogP contribution in [0.2, 0.25) is 0 Å². The van der Waals surface area contributed by atoms with Gasteiger partial charge >= 0.3 is 0 Å². The zero-order valence-electron chi connectivity index (χ0n) is 11.4. The Morgan fingerprint density at radius 1 is 1.50 bits per heavy atom. The van der Waals surface area contributed by atoms with Crippen molar-refractivity contribution in [2.75, 3.05) is 31.1 Å². The SMILES string of the molecule is O=C(CN1CCc2cccc(F)c21)NC[C@H]1CCCO1. The van der Waals surface area contributed by atoms with E-state index >= 15 is 0 Å². The summed E-state index contributed by atoms with van der Waals surface area (Å²) >= 11 is 0. The Morgan fingerprint density at radius 2 is 2.40 bits per heavy atom. The molecule has 1 N–H and O–H groups in total. The van der Waals surface area contributed by atoms with E-state index in [0.717, 1.165) is 31.4 Å². The fourth-order valence-corrected chi connectivity index (χ4v) is 2.90. The third-order valence-corrected chi connectivity index (χ3v) is 3.92. The van der Waals surface area contributed by atoms with E-state index in [1.807, 2.05) is 11.0 Å². The van der Waals surface area contributed by atoms with E-state index in [2.05, 4.69) is 5.32 Å². The van der Waals surface area contributed by atoms with Crippen molar-refractivity contribution in [2.45, 2.75) is 25.4 Å². The van der Waals surface area contributed by atoms with Gasteiger partial charge in [0.05, 0.1) is 18.3 Å². The van der Waals surface area contributed by atoms with Crippen molar-refractivity contribution < 1.29 is 13.9 Å². The van der Waals surface area contributed by atoms with E-state index in [-0.39, 0.29) is 24.4 Å². The van der Waals surface area contributed by atoms with Gasteiger partial charge in [-0.05, 0) is 30.9 Å². The van der Waals surface area contributed by atoms with Gasteiger partial charge in [-0.1, -0.05) is 12.1 Å². The minimum Gasteiger partial charge on any atom is -0.376 e. The molecular weight excluding hydrogens is 259 g/mol. The number of carbonyl (C=O) groups excluding carboxylic acids is 1. The lowest BCUT2D eigenvalue weighted by Crippen LogP contribution is -2.39. The molecular formula is C15H19FN2O2. The van der Waals surface area contributed by atoms with Crippen LogP contribution in [-0.2, 0) is 16.0 Å². The fourth-order valence-electron chi connectivity index (χ4n) is 2.90. The van der Waals surface area contributed by atoms with Crippen molar-refractivity contribution in [1.29, 1.82) is 0 Å². The fraction of sp³-hybridized carbons (Fsp3) is 0.533. The number of para-hydroxylation sites is 1. The van der Waals surface area contributed by atoms with Gasteiger partial charge in [-0.25, -0.2) is 4.39 Å². The number of nitrogens with one attached hydrogen (secondary N) is 1. The Morgan fingerprint density at radius 3 is 3.20 bits per heavy atom. The summed E-state index contributed by atoms with van der Waals surface area (Å²) in [5.74, 6) is -0.316. The molecule has 0 spiro atoms. The number of carbonyl (C=O) groups is 1. The second-order valence-corrected chi connectivity index (χ2v) is 5.36. The Bertz CT molecular complexity index is 501. The lowest BCUT2D eigenvalue weighted by molar-refractivity contribution is -0.120. The molecule has 108 valence electrons. The van der Waals surface area contributed by atoms with Gasteiger partial charge in [0.1, 0.15) is 5.82 Å². The summed E-state index contributed by atoms with van der Waals surface area (Å²) < 4.78 is 19.3. The summed E-state index contributed by atoms with van der Waals surface area (Å²) in [6, 6.07) is 5.08. The molecule has 2 aliphatic rings. The van der Waals surface area contributed by atoms with Crippen LogP contribution in [0.15, 0.2) is 18.2 Å². The summed E-state index contributed by atoms with van der Waals surface area (Å²) in [7, 11) is 0. The van der Waals surface area contributed by atoms with E-state index in [1.165, 1.54) is 6.07 Å². The molecule has 1 amide bonds. The van der Waals surface area contributed by atoms with Crippen molar-refractivity contribution in [3.8, 4) is 0 Å². The second kappa shape index (κ2) is 5.79. The minimum atomic E-state index is -0.244. The number of rotatable bonds is 4. The first-order chi connectivity index (χ1) is 9.74. The first-order valence-electron chi connectivity index (χ1n) is 7.14. The number of ether oxygens (including phenoxy) is 1. The van der Waals surface area contributed by atoms with E-state index in [1.54, 1.807) is 6.07 Å². The Kier molecular flexibility index (Phi) is 3.87. The number of hydrogen-bond acceptors (Lipinski definition) is 3. The van der Waals surface area contributed by atoms with Crippen molar-refractivity contribution in [3.63, 3.8) is 0 Å². The molecule has 1 saturated heterocycles. The first kappa shape index (κ1) is 13.4.